The van der Waals surface area contributed by atoms with Crippen molar-refractivity contribution in [1.29, 1.82) is 0 Å². The van der Waals surface area contributed by atoms with Crippen LogP contribution < -0.4 is 5.32 Å². The van der Waals surface area contributed by atoms with Gasteiger partial charge < -0.3 is 15.5 Å². The molecule has 36 heavy (non-hydrogen) atoms. The standard InChI is InChI=1S/C32H63NO3/c1-3-5-7-9-11-13-14-15-16-17-18-20-22-24-26-28-32(36)33-30(29-34)31(35)27-25-23-21-19-12-10-8-6-4-2/h25,27,30-31,34-35H,3-24,26,28-29H2,1-2H3,(H,33,36)/b27-25+/t30-,31+/m0/s1. The molecule has 3 N–H and O–H groups in total. The lowest BCUT2D eigenvalue weighted by Crippen LogP contribution is -2.45. The van der Waals surface area contributed by atoms with E-state index in [0.717, 1.165) is 25.7 Å². The monoisotopic (exact) mass is 509 g/mol. The highest BCUT2D eigenvalue weighted by atomic mass is 16.3. The molecule has 0 aromatic carbocycles. The van der Waals surface area contributed by atoms with Crippen molar-refractivity contribution in [2.75, 3.05) is 6.61 Å². The van der Waals surface area contributed by atoms with Crippen LogP contribution in [0, 0.1) is 0 Å². The molecule has 0 radical (unpaired) electrons. The lowest BCUT2D eigenvalue weighted by molar-refractivity contribution is -0.123. The second-order valence-electron chi connectivity index (χ2n) is 10.9. The average molecular weight is 510 g/mol. The fourth-order valence-electron chi connectivity index (χ4n) is 4.76. The number of hydrogen-bond donors (Lipinski definition) is 3. The smallest absolute Gasteiger partial charge is 0.220 e. The first kappa shape index (κ1) is 35.1. The van der Waals surface area contributed by atoms with Gasteiger partial charge in [0, 0.05) is 6.42 Å². The van der Waals surface area contributed by atoms with E-state index in [-0.39, 0.29) is 12.5 Å². The zero-order valence-electron chi connectivity index (χ0n) is 24.3. The number of nitrogens with one attached hydrogen (secondary N) is 1. The summed E-state index contributed by atoms with van der Waals surface area (Å²) in [5.41, 5.74) is 0. The Labute approximate surface area is 225 Å². The molecule has 0 saturated heterocycles. The van der Waals surface area contributed by atoms with Gasteiger partial charge in [-0.3, -0.25) is 4.79 Å². The summed E-state index contributed by atoms with van der Waals surface area (Å²) in [6.45, 7) is 4.27. The van der Waals surface area contributed by atoms with Crippen LogP contribution in [0.15, 0.2) is 12.2 Å². The minimum atomic E-state index is -0.829. The number of aliphatic hydroxyl groups excluding tert-OH is 2. The minimum absolute atomic E-state index is 0.0664. The fraction of sp³-hybridized carbons (Fsp3) is 0.906. The van der Waals surface area contributed by atoms with Crippen LogP contribution in [0.3, 0.4) is 0 Å². The van der Waals surface area contributed by atoms with Gasteiger partial charge in [-0.25, -0.2) is 0 Å². The molecule has 214 valence electrons. The zero-order chi connectivity index (χ0) is 26.5. The number of carbonyl (C=O) groups excluding carboxylic acids is 1. The molecule has 0 bridgehead atoms. The van der Waals surface area contributed by atoms with Gasteiger partial charge in [-0.05, 0) is 19.3 Å². The summed E-state index contributed by atoms with van der Waals surface area (Å²) in [6.07, 6.45) is 32.8. The van der Waals surface area contributed by atoms with Gasteiger partial charge in [-0.1, -0.05) is 154 Å². The predicted octanol–water partition coefficient (Wildman–Crippen LogP) is 8.78. The Hall–Kier alpha value is -0.870. The van der Waals surface area contributed by atoms with Gasteiger partial charge in [0.25, 0.3) is 0 Å². The summed E-state index contributed by atoms with van der Waals surface area (Å²) in [6, 6.07) is -0.612. The molecule has 0 aliphatic carbocycles. The molecule has 2 atom stereocenters. The molecule has 0 rings (SSSR count). The predicted molar refractivity (Wildman–Crippen MR) is 156 cm³/mol. The Kier molecular flexibility index (Phi) is 28.0. The van der Waals surface area contributed by atoms with E-state index in [4.69, 9.17) is 0 Å². The lowest BCUT2D eigenvalue weighted by Gasteiger charge is -2.20. The van der Waals surface area contributed by atoms with Crippen molar-refractivity contribution < 1.29 is 15.0 Å². The highest BCUT2D eigenvalue weighted by Crippen LogP contribution is 2.14. The number of aliphatic hydroxyl groups is 2. The maximum absolute atomic E-state index is 12.2. The highest BCUT2D eigenvalue weighted by Gasteiger charge is 2.17. The molecule has 4 nitrogen and oxygen atoms in total. The molecule has 4 heteroatoms. The van der Waals surface area contributed by atoms with E-state index in [1.165, 1.54) is 122 Å². The second kappa shape index (κ2) is 28.7. The van der Waals surface area contributed by atoms with Crippen molar-refractivity contribution in [1.82, 2.24) is 5.32 Å². The number of allylic oxidation sites excluding steroid dienone is 1. The van der Waals surface area contributed by atoms with Gasteiger partial charge >= 0.3 is 0 Å². The first-order chi connectivity index (χ1) is 17.7. The van der Waals surface area contributed by atoms with E-state index in [1.807, 2.05) is 6.08 Å². The number of hydrogen-bond acceptors (Lipinski definition) is 3. The van der Waals surface area contributed by atoms with Crippen LogP contribution in [0.4, 0.5) is 0 Å². The number of unbranched alkanes of at least 4 members (excludes halogenated alkanes) is 21. The molecule has 0 saturated carbocycles. The van der Waals surface area contributed by atoms with E-state index in [2.05, 4.69) is 19.2 Å². The normalized spacial score (nSPS) is 13.3. The van der Waals surface area contributed by atoms with Crippen molar-refractivity contribution >= 4 is 5.91 Å². The van der Waals surface area contributed by atoms with Crippen molar-refractivity contribution in [3.63, 3.8) is 0 Å². The van der Waals surface area contributed by atoms with Crippen LogP contribution in [0.2, 0.25) is 0 Å². The maximum atomic E-state index is 12.2. The third-order valence-electron chi connectivity index (χ3n) is 7.27. The second-order valence-corrected chi connectivity index (χ2v) is 10.9. The van der Waals surface area contributed by atoms with Crippen LogP contribution in [0.1, 0.15) is 168 Å². The third kappa shape index (κ3) is 24.8. The molecule has 0 spiro atoms. The van der Waals surface area contributed by atoms with Gasteiger partial charge in [0.15, 0.2) is 0 Å². The molecule has 0 unspecified atom stereocenters. The number of carbonyl (C=O) groups is 1. The minimum Gasteiger partial charge on any atom is -0.394 e. The molecule has 0 fully saturated rings. The maximum Gasteiger partial charge on any atom is 0.220 e. The Morgan fingerprint density at radius 2 is 1.03 bits per heavy atom. The first-order valence-electron chi connectivity index (χ1n) is 15.9. The van der Waals surface area contributed by atoms with E-state index in [1.54, 1.807) is 6.08 Å². The molecular weight excluding hydrogens is 446 g/mol. The zero-order valence-corrected chi connectivity index (χ0v) is 24.3. The van der Waals surface area contributed by atoms with Crippen LogP contribution >= 0.6 is 0 Å². The van der Waals surface area contributed by atoms with E-state index >= 15 is 0 Å². The van der Waals surface area contributed by atoms with Crippen molar-refractivity contribution in [2.45, 2.75) is 180 Å². The van der Waals surface area contributed by atoms with E-state index < -0.39 is 12.1 Å². The molecule has 0 aliphatic rings. The van der Waals surface area contributed by atoms with Gasteiger partial charge in [-0.15, -0.1) is 0 Å². The quantitative estimate of drug-likeness (QED) is 0.0729. The summed E-state index contributed by atoms with van der Waals surface area (Å²) in [4.78, 5) is 12.2. The average Bonchev–Trinajstić information content (AvgIpc) is 2.88. The van der Waals surface area contributed by atoms with E-state index in [0.29, 0.717) is 6.42 Å². The lowest BCUT2D eigenvalue weighted by atomic mass is 10.0. The molecule has 0 heterocycles. The third-order valence-corrected chi connectivity index (χ3v) is 7.27. The van der Waals surface area contributed by atoms with Crippen molar-refractivity contribution in [3.8, 4) is 0 Å². The Morgan fingerprint density at radius 1 is 0.639 bits per heavy atom. The van der Waals surface area contributed by atoms with Crippen LogP contribution in [-0.2, 0) is 4.79 Å². The SMILES string of the molecule is CCCCCCCCC/C=C/[C@@H](O)[C@H](CO)NC(=O)CCCCCCCCCCCCCCCCC. The fourth-order valence-corrected chi connectivity index (χ4v) is 4.76. The Bertz CT molecular complexity index is 480. The summed E-state index contributed by atoms with van der Waals surface area (Å²) in [5, 5.41) is 22.7. The summed E-state index contributed by atoms with van der Waals surface area (Å²) >= 11 is 0. The van der Waals surface area contributed by atoms with Gasteiger partial charge in [0.2, 0.25) is 5.91 Å². The Morgan fingerprint density at radius 3 is 1.44 bits per heavy atom. The van der Waals surface area contributed by atoms with Gasteiger partial charge in [-0.2, -0.15) is 0 Å². The van der Waals surface area contributed by atoms with Crippen LogP contribution in [0.25, 0.3) is 0 Å². The largest absolute Gasteiger partial charge is 0.394 e. The first-order valence-corrected chi connectivity index (χ1v) is 15.9. The van der Waals surface area contributed by atoms with Crippen LogP contribution in [-0.4, -0.2) is 34.9 Å². The Balaban J connectivity index is 3.61. The number of rotatable bonds is 28. The number of amides is 1. The van der Waals surface area contributed by atoms with Crippen molar-refractivity contribution in [2.24, 2.45) is 0 Å². The highest BCUT2D eigenvalue weighted by molar-refractivity contribution is 5.76. The molecule has 1 amide bonds. The van der Waals surface area contributed by atoms with E-state index in [9.17, 15) is 15.0 Å². The van der Waals surface area contributed by atoms with Gasteiger partial charge in [0.1, 0.15) is 0 Å². The molecule has 0 aromatic rings. The van der Waals surface area contributed by atoms with Crippen LogP contribution in [0.5, 0.6) is 0 Å². The summed E-state index contributed by atoms with van der Waals surface area (Å²) < 4.78 is 0. The molecule has 0 aliphatic heterocycles. The van der Waals surface area contributed by atoms with Gasteiger partial charge in [0.05, 0.1) is 18.8 Å². The summed E-state index contributed by atoms with van der Waals surface area (Å²) in [7, 11) is 0. The summed E-state index contributed by atoms with van der Waals surface area (Å²) in [5.74, 6) is -0.0664. The van der Waals surface area contributed by atoms with Crippen molar-refractivity contribution in [3.05, 3.63) is 12.2 Å². The molecule has 0 aromatic heterocycles. The molecular formula is C32H63NO3. The topological polar surface area (TPSA) is 69.6 Å².